The molecule has 0 radical (unpaired) electrons. The molecule has 0 spiro atoms. The SMILES string of the molecule is C[C@H](OC(=O)[C@@H]1CC(=O)N([C@@H](C)c2ccccc2)C1)C(=O)NC1CC1. The third-order valence-electron chi connectivity index (χ3n) is 4.83. The number of hydrogen-bond donors (Lipinski definition) is 1. The van der Waals surface area contributed by atoms with Crippen molar-refractivity contribution in [1.29, 1.82) is 0 Å². The topological polar surface area (TPSA) is 75.7 Å². The van der Waals surface area contributed by atoms with Gasteiger partial charge in [0.1, 0.15) is 0 Å². The number of nitrogens with one attached hydrogen (secondary N) is 1. The predicted molar refractivity (Wildman–Crippen MR) is 91.4 cm³/mol. The van der Waals surface area contributed by atoms with Crippen LogP contribution in [0, 0.1) is 5.92 Å². The van der Waals surface area contributed by atoms with Gasteiger partial charge >= 0.3 is 5.97 Å². The zero-order chi connectivity index (χ0) is 18.0. The van der Waals surface area contributed by atoms with Crippen molar-refractivity contribution >= 4 is 17.8 Å². The molecule has 25 heavy (non-hydrogen) atoms. The van der Waals surface area contributed by atoms with Crippen molar-refractivity contribution < 1.29 is 19.1 Å². The van der Waals surface area contributed by atoms with E-state index in [4.69, 9.17) is 4.74 Å². The molecule has 1 saturated heterocycles. The second-order valence-electron chi connectivity index (χ2n) is 6.90. The van der Waals surface area contributed by atoms with E-state index in [1.165, 1.54) is 0 Å². The van der Waals surface area contributed by atoms with Gasteiger partial charge in [0, 0.05) is 19.0 Å². The average molecular weight is 344 g/mol. The van der Waals surface area contributed by atoms with Crippen LogP contribution in [0.15, 0.2) is 30.3 Å². The van der Waals surface area contributed by atoms with Crippen LogP contribution in [0.25, 0.3) is 0 Å². The van der Waals surface area contributed by atoms with Gasteiger partial charge < -0.3 is 15.0 Å². The quantitative estimate of drug-likeness (QED) is 0.799. The summed E-state index contributed by atoms with van der Waals surface area (Å²) in [4.78, 5) is 38.3. The highest BCUT2D eigenvalue weighted by atomic mass is 16.5. The fourth-order valence-corrected chi connectivity index (χ4v) is 3.05. The molecule has 134 valence electrons. The minimum absolute atomic E-state index is 0.0617. The third-order valence-corrected chi connectivity index (χ3v) is 4.83. The molecule has 6 nitrogen and oxygen atoms in total. The van der Waals surface area contributed by atoms with Crippen LogP contribution in [0.4, 0.5) is 0 Å². The van der Waals surface area contributed by atoms with Crippen LogP contribution in [0.5, 0.6) is 0 Å². The van der Waals surface area contributed by atoms with Crippen molar-refractivity contribution in [2.75, 3.05) is 6.54 Å². The van der Waals surface area contributed by atoms with E-state index in [1.54, 1.807) is 11.8 Å². The lowest BCUT2D eigenvalue weighted by atomic mass is 10.1. The maximum absolute atomic E-state index is 12.3. The molecule has 3 atom stereocenters. The molecular formula is C19H24N2O4. The van der Waals surface area contributed by atoms with Crippen molar-refractivity contribution in [3.05, 3.63) is 35.9 Å². The maximum Gasteiger partial charge on any atom is 0.312 e. The summed E-state index contributed by atoms with van der Waals surface area (Å²) in [6.07, 6.45) is 1.27. The number of likely N-dealkylation sites (tertiary alicyclic amines) is 1. The van der Waals surface area contributed by atoms with E-state index in [0.29, 0.717) is 6.54 Å². The molecule has 1 heterocycles. The molecule has 1 N–H and O–H groups in total. The Kier molecular flexibility index (Phi) is 5.06. The Bertz CT molecular complexity index is 657. The molecule has 0 unspecified atom stereocenters. The van der Waals surface area contributed by atoms with Crippen LogP contribution in [0.2, 0.25) is 0 Å². The predicted octanol–water partition coefficient (Wildman–Crippen LogP) is 1.81. The summed E-state index contributed by atoms with van der Waals surface area (Å²) in [7, 11) is 0. The van der Waals surface area contributed by atoms with Crippen molar-refractivity contribution in [3.63, 3.8) is 0 Å². The summed E-state index contributed by atoms with van der Waals surface area (Å²) in [5, 5.41) is 2.81. The van der Waals surface area contributed by atoms with Gasteiger partial charge in [-0.2, -0.15) is 0 Å². The van der Waals surface area contributed by atoms with E-state index in [2.05, 4.69) is 5.32 Å². The normalized spacial score (nSPS) is 22.4. The summed E-state index contributed by atoms with van der Waals surface area (Å²) in [5.74, 6) is -1.33. The highest BCUT2D eigenvalue weighted by Gasteiger charge is 2.39. The highest BCUT2D eigenvalue weighted by Crippen LogP contribution is 2.29. The molecule has 3 rings (SSSR count). The van der Waals surface area contributed by atoms with E-state index in [1.807, 2.05) is 37.3 Å². The lowest BCUT2D eigenvalue weighted by molar-refractivity contribution is -0.158. The van der Waals surface area contributed by atoms with E-state index in [0.717, 1.165) is 18.4 Å². The second kappa shape index (κ2) is 7.25. The highest BCUT2D eigenvalue weighted by molar-refractivity contribution is 5.89. The lowest BCUT2D eigenvalue weighted by Gasteiger charge is -2.25. The zero-order valence-electron chi connectivity index (χ0n) is 14.6. The van der Waals surface area contributed by atoms with Crippen molar-refractivity contribution in [1.82, 2.24) is 10.2 Å². The minimum Gasteiger partial charge on any atom is -0.452 e. The van der Waals surface area contributed by atoms with Crippen LogP contribution in [-0.4, -0.2) is 41.4 Å². The van der Waals surface area contributed by atoms with Gasteiger partial charge in [0.25, 0.3) is 5.91 Å². The standard InChI is InChI=1S/C19H24N2O4/c1-12(14-6-4-3-5-7-14)21-11-15(10-17(21)22)19(24)25-13(2)18(23)20-16-8-9-16/h3-7,12-13,15-16H,8-11H2,1-2H3,(H,20,23)/t12-,13-,15+/m0/s1. The van der Waals surface area contributed by atoms with E-state index < -0.39 is 18.0 Å². The number of amides is 2. The number of ether oxygens (including phenoxy) is 1. The molecule has 0 aromatic heterocycles. The van der Waals surface area contributed by atoms with Gasteiger partial charge in [0.15, 0.2) is 6.10 Å². The van der Waals surface area contributed by atoms with E-state index >= 15 is 0 Å². The van der Waals surface area contributed by atoms with Gasteiger partial charge in [-0.15, -0.1) is 0 Å². The van der Waals surface area contributed by atoms with Gasteiger partial charge in [-0.25, -0.2) is 0 Å². The fraction of sp³-hybridized carbons (Fsp3) is 0.526. The molecule has 2 fully saturated rings. The Labute approximate surface area is 147 Å². The summed E-state index contributed by atoms with van der Waals surface area (Å²) >= 11 is 0. The van der Waals surface area contributed by atoms with E-state index in [9.17, 15) is 14.4 Å². The fourth-order valence-electron chi connectivity index (χ4n) is 3.05. The Balaban J connectivity index is 1.56. The average Bonchev–Trinajstić information content (AvgIpc) is 3.33. The first-order chi connectivity index (χ1) is 12.0. The number of rotatable bonds is 6. The van der Waals surface area contributed by atoms with Gasteiger partial charge in [-0.05, 0) is 32.3 Å². The molecule has 1 aliphatic carbocycles. The van der Waals surface area contributed by atoms with Crippen LogP contribution in [0.1, 0.15) is 44.7 Å². The summed E-state index contributed by atoms with van der Waals surface area (Å²) in [5.41, 5.74) is 1.03. The molecule has 0 bridgehead atoms. The van der Waals surface area contributed by atoms with Crippen LogP contribution < -0.4 is 5.32 Å². The van der Waals surface area contributed by atoms with Gasteiger partial charge in [-0.1, -0.05) is 30.3 Å². The van der Waals surface area contributed by atoms with Crippen molar-refractivity contribution in [2.45, 2.75) is 51.3 Å². The molecule has 1 aromatic carbocycles. The van der Waals surface area contributed by atoms with Gasteiger partial charge in [0.2, 0.25) is 5.91 Å². The molecule has 1 aliphatic heterocycles. The molecule has 2 amide bonds. The van der Waals surface area contributed by atoms with Gasteiger partial charge in [-0.3, -0.25) is 14.4 Å². The summed E-state index contributed by atoms with van der Waals surface area (Å²) in [6.45, 7) is 3.84. The lowest BCUT2D eigenvalue weighted by Crippen LogP contribution is -2.38. The number of nitrogens with zero attached hydrogens (tertiary/aromatic N) is 1. The smallest absolute Gasteiger partial charge is 0.312 e. The molecule has 2 aliphatic rings. The maximum atomic E-state index is 12.3. The number of benzene rings is 1. The van der Waals surface area contributed by atoms with E-state index in [-0.39, 0.29) is 30.3 Å². The van der Waals surface area contributed by atoms with Gasteiger partial charge in [0.05, 0.1) is 12.0 Å². The Morgan fingerprint density at radius 3 is 2.52 bits per heavy atom. The third kappa shape index (κ3) is 4.18. The monoisotopic (exact) mass is 344 g/mol. The Morgan fingerprint density at radius 1 is 1.20 bits per heavy atom. The first-order valence-corrected chi connectivity index (χ1v) is 8.81. The van der Waals surface area contributed by atoms with Crippen LogP contribution in [-0.2, 0) is 19.1 Å². The number of hydrogen-bond acceptors (Lipinski definition) is 4. The Hall–Kier alpha value is -2.37. The zero-order valence-corrected chi connectivity index (χ0v) is 14.6. The summed E-state index contributed by atoms with van der Waals surface area (Å²) in [6, 6.07) is 9.85. The minimum atomic E-state index is -0.830. The van der Waals surface area contributed by atoms with Crippen LogP contribution in [0.3, 0.4) is 0 Å². The first kappa shape index (κ1) is 17.5. The summed E-state index contributed by atoms with van der Waals surface area (Å²) < 4.78 is 5.28. The molecule has 6 heteroatoms. The molecular weight excluding hydrogens is 320 g/mol. The molecule has 1 aromatic rings. The first-order valence-electron chi connectivity index (χ1n) is 8.81. The van der Waals surface area contributed by atoms with Crippen molar-refractivity contribution in [2.24, 2.45) is 5.92 Å². The number of carbonyl (C=O) groups is 3. The van der Waals surface area contributed by atoms with Crippen LogP contribution >= 0.6 is 0 Å². The Morgan fingerprint density at radius 2 is 1.88 bits per heavy atom. The molecule has 1 saturated carbocycles. The largest absolute Gasteiger partial charge is 0.452 e. The number of esters is 1. The van der Waals surface area contributed by atoms with Crippen molar-refractivity contribution in [3.8, 4) is 0 Å². The number of carbonyl (C=O) groups excluding carboxylic acids is 3. The second-order valence-corrected chi connectivity index (χ2v) is 6.90.